The van der Waals surface area contributed by atoms with Gasteiger partial charge in [-0.3, -0.25) is 4.79 Å². The van der Waals surface area contributed by atoms with Crippen molar-refractivity contribution in [3.8, 4) is 0 Å². The van der Waals surface area contributed by atoms with Crippen LogP contribution in [0.4, 0.5) is 11.6 Å². The Labute approximate surface area is 117 Å². The first-order valence-electron chi connectivity index (χ1n) is 6.44. The summed E-state index contributed by atoms with van der Waals surface area (Å²) in [4.78, 5) is 15.8. The monoisotopic (exact) mass is 265 g/mol. The van der Waals surface area contributed by atoms with Crippen LogP contribution in [0.15, 0.2) is 48.5 Å². The Kier molecular flexibility index (Phi) is 2.99. The van der Waals surface area contributed by atoms with E-state index in [1.54, 1.807) is 6.92 Å². The Bertz CT molecular complexity index is 772. The van der Waals surface area contributed by atoms with Crippen LogP contribution in [0.3, 0.4) is 0 Å². The molecule has 0 aliphatic rings. The van der Waals surface area contributed by atoms with Crippen LogP contribution >= 0.6 is 0 Å². The minimum Gasteiger partial charge on any atom is -0.326 e. The van der Waals surface area contributed by atoms with Gasteiger partial charge in [0.2, 0.25) is 5.95 Å². The highest BCUT2D eigenvalue weighted by Gasteiger charge is 2.07. The van der Waals surface area contributed by atoms with Crippen LogP contribution in [0, 0.1) is 0 Å². The lowest BCUT2D eigenvalue weighted by Crippen LogP contribution is -1.99. The molecule has 0 aliphatic carbocycles. The lowest BCUT2D eigenvalue weighted by atomic mass is 10.1. The first kappa shape index (κ1) is 12.4. The molecule has 0 fully saturated rings. The molecule has 4 heteroatoms. The van der Waals surface area contributed by atoms with E-state index in [-0.39, 0.29) is 5.78 Å². The molecule has 3 aromatic rings. The zero-order chi connectivity index (χ0) is 14.1. The molecule has 0 unspecified atom stereocenters. The van der Waals surface area contributed by atoms with Gasteiger partial charge >= 0.3 is 0 Å². The number of nitrogens with one attached hydrogen (secondary N) is 1. The van der Waals surface area contributed by atoms with Gasteiger partial charge in [-0.2, -0.15) is 0 Å². The van der Waals surface area contributed by atoms with E-state index in [1.165, 1.54) is 0 Å². The fourth-order valence-electron chi connectivity index (χ4n) is 2.17. The van der Waals surface area contributed by atoms with Gasteiger partial charge in [0.05, 0.1) is 11.0 Å². The lowest BCUT2D eigenvalue weighted by molar-refractivity contribution is 0.101. The summed E-state index contributed by atoms with van der Waals surface area (Å²) >= 11 is 0. The van der Waals surface area contributed by atoms with Crippen LogP contribution < -0.4 is 5.32 Å². The molecule has 0 radical (unpaired) electrons. The van der Waals surface area contributed by atoms with Gasteiger partial charge in [0.15, 0.2) is 5.78 Å². The summed E-state index contributed by atoms with van der Waals surface area (Å²) in [5, 5.41) is 3.27. The van der Waals surface area contributed by atoms with E-state index in [9.17, 15) is 4.79 Å². The molecule has 0 amide bonds. The average Bonchev–Trinajstić information content (AvgIpc) is 2.77. The molecule has 0 saturated carbocycles. The number of imidazole rings is 1. The van der Waals surface area contributed by atoms with Crippen molar-refractivity contribution < 1.29 is 4.79 Å². The van der Waals surface area contributed by atoms with Gasteiger partial charge in [-0.25, -0.2) is 4.98 Å². The average molecular weight is 265 g/mol. The number of hydrogen-bond acceptors (Lipinski definition) is 3. The van der Waals surface area contributed by atoms with E-state index < -0.39 is 0 Å². The SMILES string of the molecule is CC(=O)c1ccc(Nc2nc3ccccc3n2C)cc1. The van der Waals surface area contributed by atoms with Crippen LogP contribution in [0.5, 0.6) is 0 Å². The minimum absolute atomic E-state index is 0.0688. The van der Waals surface area contributed by atoms with Gasteiger partial charge in [0.1, 0.15) is 0 Å². The van der Waals surface area contributed by atoms with E-state index in [4.69, 9.17) is 0 Å². The summed E-state index contributed by atoms with van der Waals surface area (Å²) < 4.78 is 2.01. The van der Waals surface area contributed by atoms with Gasteiger partial charge < -0.3 is 9.88 Å². The maximum atomic E-state index is 11.2. The lowest BCUT2D eigenvalue weighted by Gasteiger charge is -2.06. The van der Waals surface area contributed by atoms with Crippen molar-refractivity contribution in [3.05, 3.63) is 54.1 Å². The number of benzene rings is 2. The van der Waals surface area contributed by atoms with Gasteiger partial charge in [0, 0.05) is 18.3 Å². The number of aromatic nitrogens is 2. The summed E-state index contributed by atoms with van der Waals surface area (Å²) in [5.41, 5.74) is 3.65. The number of fused-ring (bicyclic) bond motifs is 1. The van der Waals surface area contributed by atoms with Crippen molar-refractivity contribution >= 4 is 28.5 Å². The Balaban J connectivity index is 1.92. The summed E-state index contributed by atoms with van der Waals surface area (Å²) in [6.07, 6.45) is 0. The third-order valence-corrected chi connectivity index (χ3v) is 3.33. The smallest absolute Gasteiger partial charge is 0.208 e. The zero-order valence-corrected chi connectivity index (χ0v) is 11.4. The number of para-hydroxylation sites is 2. The highest BCUT2D eigenvalue weighted by molar-refractivity contribution is 5.94. The van der Waals surface area contributed by atoms with Crippen LogP contribution in [0.25, 0.3) is 11.0 Å². The second-order valence-corrected chi connectivity index (χ2v) is 4.74. The standard InChI is InChI=1S/C16H15N3O/c1-11(20)12-7-9-13(10-8-12)17-16-18-14-5-3-4-6-15(14)19(16)2/h3-10H,1-2H3,(H,17,18). The molecule has 100 valence electrons. The number of ketones is 1. The number of carbonyl (C=O) groups excluding carboxylic acids is 1. The van der Waals surface area contributed by atoms with Crippen LogP contribution in [-0.2, 0) is 7.05 Å². The Morgan fingerprint density at radius 2 is 1.80 bits per heavy atom. The Hall–Kier alpha value is -2.62. The van der Waals surface area contributed by atoms with Gasteiger partial charge in [-0.1, -0.05) is 12.1 Å². The summed E-state index contributed by atoms with van der Waals surface area (Å²) in [5.74, 6) is 0.848. The molecule has 0 saturated heterocycles. The molecule has 4 nitrogen and oxygen atoms in total. The molecule has 0 aliphatic heterocycles. The number of Topliss-reactive ketones (excluding diaryl/α,β-unsaturated/α-hetero) is 1. The van der Waals surface area contributed by atoms with E-state index in [0.29, 0.717) is 5.56 Å². The molecule has 20 heavy (non-hydrogen) atoms. The van der Waals surface area contributed by atoms with Crippen molar-refractivity contribution in [1.82, 2.24) is 9.55 Å². The maximum absolute atomic E-state index is 11.2. The second kappa shape index (κ2) is 4.81. The molecule has 2 aromatic carbocycles. The quantitative estimate of drug-likeness (QED) is 0.737. The maximum Gasteiger partial charge on any atom is 0.208 e. The molecule has 3 rings (SSSR count). The normalized spacial score (nSPS) is 10.7. The fraction of sp³-hybridized carbons (Fsp3) is 0.125. The highest BCUT2D eigenvalue weighted by Crippen LogP contribution is 2.21. The summed E-state index contributed by atoms with van der Waals surface area (Å²) in [6.45, 7) is 1.56. The topological polar surface area (TPSA) is 46.9 Å². The van der Waals surface area contributed by atoms with E-state index in [0.717, 1.165) is 22.7 Å². The predicted octanol–water partition coefficient (Wildman–Crippen LogP) is 3.52. The molecule has 1 heterocycles. The van der Waals surface area contributed by atoms with Crippen LogP contribution in [-0.4, -0.2) is 15.3 Å². The molecule has 0 bridgehead atoms. The van der Waals surface area contributed by atoms with Gasteiger partial charge in [-0.05, 0) is 43.3 Å². The van der Waals surface area contributed by atoms with E-state index in [1.807, 2.05) is 60.1 Å². The summed E-state index contributed by atoms with van der Waals surface area (Å²) in [7, 11) is 1.97. The van der Waals surface area contributed by atoms with E-state index >= 15 is 0 Å². The summed E-state index contributed by atoms with van der Waals surface area (Å²) in [6, 6.07) is 15.4. The van der Waals surface area contributed by atoms with Crippen molar-refractivity contribution in [1.29, 1.82) is 0 Å². The van der Waals surface area contributed by atoms with E-state index in [2.05, 4.69) is 10.3 Å². The third-order valence-electron chi connectivity index (χ3n) is 3.33. The third kappa shape index (κ3) is 2.16. The molecular weight excluding hydrogens is 250 g/mol. The number of anilines is 2. The number of carbonyl (C=O) groups is 1. The van der Waals surface area contributed by atoms with Crippen molar-refractivity contribution in [2.75, 3.05) is 5.32 Å². The molecular formula is C16H15N3O. The zero-order valence-electron chi connectivity index (χ0n) is 11.4. The van der Waals surface area contributed by atoms with Crippen molar-refractivity contribution in [3.63, 3.8) is 0 Å². The highest BCUT2D eigenvalue weighted by atomic mass is 16.1. The van der Waals surface area contributed by atoms with Crippen molar-refractivity contribution in [2.45, 2.75) is 6.92 Å². The fourth-order valence-corrected chi connectivity index (χ4v) is 2.17. The number of aryl methyl sites for hydroxylation is 1. The predicted molar refractivity (Wildman–Crippen MR) is 80.4 cm³/mol. The second-order valence-electron chi connectivity index (χ2n) is 4.74. The minimum atomic E-state index is 0.0688. The Morgan fingerprint density at radius 3 is 2.45 bits per heavy atom. The number of hydrogen-bond donors (Lipinski definition) is 1. The van der Waals surface area contributed by atoms with Gasteiger partial charge in [0.25, 0.3) is 0 Å². The van der Waals surface area contributed by atoms with Gasteiger partial charge in [-0.15, -0.1) is 0 Å². The molecule has 0 spiro atoms. The Morgan fingerprint density at radius 1 is 1.10 bits per heavy atom. The van der Waals surface area contributed by atoms with Crippen molar-refractivity contribution in [2.24, 2.45) is 7.05 Å². The number of rotatable bonds is 3. The first-order chi connectivity index (χ1) is 9.65. The van der Waals surface area contributed by atoms with Crippen LogP contribution in [0.2, 0.25) is 0 Å². The molecule has 1 N–H and O–H groups in total. The van der Waals surface area contributed by atoms with Crippen LogP contribution in [0.1, 0.15) is 17.3 Å². The largest absolute Gasteiger partial charge is 0.326 e. The first-order valence-corrected chi connectivity index (χ1v) is 6.44. The molecule has 1 aromatic heterocycles. The number of nitrogens with zero attached hydrogens (tertiary/aromatic N) is 2. The molecule has 0 atom stereocenters.